The van der Waals surface area contributed by atoms with Gasteiger partial charge in [0.05, 0.1) is 35.5 Å². The van der Waals surface area contributed by atoms with Gasteiger partial charge in [-0.1, -0.05) is 0 Å². The van der Waals surface area contributed by atoms with Gasteiger partial charge in [0, 0.05) is 12.6 Å². The number of nitrogens with zero attached hydrogens (tertiary/aromatic N) is 3. The second kappa shape index (κ2) is 4.76. The van der Waals surface area contributed by atoms with Gasteiger partial charge in [-0.15, -0.1) is 0 Å². The summed E-state index contributed by atoms with van der Waals surface area (Å²) >= 11 is 0. The molecular formula is C13H14N4. The Kier molecular flexibility index (Phi) is 3.16. The zero-order valence-electron chi connectivity index (χ0n) is 9.56. The third-order valence-corrected chi connectivity index (χ3v) is 2.92. The van der Waals surface area contributed by atoms with E-state index < -0.39 is 0 Å². The fourth-order valence-corrected chi connectivity index (χ4v) is 1.94. The highest BCUT2D eigenvalue weighted by molar-refractivity contribution is 5.70. The zero-order valence-corrected chi connectivity index (χ0v) is 9.56. The van der Waals surface area contributed by atoms with Gasteiger partial charge in [-0.2, -0.15) is 10.5 Å². The third kappa shape index (κ3) is 2.49. The van der Waals surface area contributed by atoms with Crippen LogP contribution in [0.3, 0.4) is 0 Å². The van der Waals surface area contributed by atoms with Crippen LogP contribution in [0.2, 0.25) is 0 Å². The Balaban J connectivity index is 2.24. The van der Waals surface area contributed by atoms with Crippen molar-refractivity contribution in [2.24, 2.45) is 0 Å². The van der Waals surface area contributed by atoms with Crippen molar-refractivity contribution >= 4 is 11.4 Å². The molecule has 0 aliphatic heterocycles. The Hall–Kier alpha value is -2.20. The normalized spacial score (nSPS) is 13.8. The lowest BCUT2D eigenvalue weighted by atomic mass is 10.1. The van der Waals surface area contributed by atoms with Gasteiger partial charge in [-0.25, -0.2) is 0 Å². The van der Waals surface area contributed by atoms with Crippen LogP contribution in [0.15, 0.2) is 18.2 Å². The number of hydrogen-bond donors (Lipinski definition) is 1. The second-order valence-corrected chi connectivity index (χ2v) is 4.22. The minimum absolute atomic E-state index is 0.496. The highest BCUT2D eigenvalue weighted by Crippen LogP contribution is 2.35. The monoisotopic (exact) mass is 226 g/mol. The molecule has 0 saturated heterocycles. The molecule has 4 heteroatoms. The maximum Gasteiger partial charge on any atom is 0.0992 e. The maximum atomic E-state index is 8.79. The van der Waals surface area contributed by atoms with Crippen molar-refractivity contribution in [2.45, 2.75) is 25.3 Å². The van der Waals surface area contributed by atoms with Crippen LogP contribution >= 0.6 is 0 Å². The van der Waals surface area contributed by atoms with Crippen LogP contribution in [0.1, 0.15) is 24.8 Å². The zero-order chi connectivity index (χ0) is 12.3. The standard InChI is InChI=1S/C13H14N4/c14-6-1-7-17(11-3-4-11)13-5-2-10(9-15)8-12(13)16/h2,5,8,11H,1,3-4,7,16H2. The number of anilines is 2. The van der Waals surface area contributed by atoms with Gasteiger partial charge in [-0.3, -0.25) is 0 Å². The Morgan fingerprint density at radius 1 is 1.35 bits per heavy atom. The largest absolute Gasteiger partial charge is 0.397 e. The van der Waals surface area contributed by atoms with Crippen LogP contribution in [-0.2, 0) is 0 Å². The molecular weight excluding hydrogens is 212 g/mol. The molecule has 1 aliphatic carbocycles. The topological polar surface area (TPSA) is 76.8 Å². The minimum atomic E-state index is 0.496. The first-order valence-electron chi connectivity index (χ1n) is 5.69. The lowest BCUT2D eigenvalue weighted by molar-refractivity contribution is 0.794. The van der Waals surface area contributed by atoms with Gasteiger partial charge >= 0.3 is 0 Å². The second-order valence-electron chi connectivity index (χ2n) is 4.22. The molecule has 0 aromatic heterocycles. The fourth-order valence-electron chi connectivity index (χ4n) is 1.94. The van der Waals surface area contributed by atoms with Crippen LogP contribution in [0.5, 0.6) is 0 Å². The number of nitrogen functional groups attached to an aromatic ring is 1. The quantitative estimate of drug-likeness (QED) is 0.797. The number of hydrogen-bond acceptors (Lipinski definition) is 4. The average Bonchev–Trinajstić information content (AvgIpc) is 3.15. The molecule has 0 heterocycles. The van der Waals surface area contributed by atoms with E-state index in [1.807, 2.05) is 6.07 Å². The number of nitrogens with two attached hydrogens (primary N) is 1. The predicted molar refractivity (Wildman–Crippen MR) is 66.2 cm³/mol. The summed E-state index contributed by atoms with van der Waals surface area (Å²) in [6, 6.07) is 10.1. The van der Waals surface area contributed by atoms with E-state index in [1.165, 1.54) is 0 Å². The molecule has 2 N–H and O–H groups in total. The highest BCUT2D eigenvalue weighted by atomic mass is 15.2. The van der Waals surface area contributed by atoms with Crippen LogP contribution in [0, 0.1) is 22.7 Å². The van der Waals surface area contributed by atoms with Crippen molar-refractivity contribution in [3.05, 3.63) is 23.8 Å². The van der Waals surface area contributed by atoms with Gasteiger partial charge in [0.25, 0.3) is 0 Å². The van der Waals surface area contributed by atoms with E-state index in [9.17, 15) is 0 Å². The lowest BCUT2D eigenvalue weighted by Gasteiger charge is -2.25. The Bertz CT molecular complexity index is 491. The summed E-state index contributed by atoms with van der Waals surface area (Å²) in [7, 11) is 0. The van der Waals surface area contributed by atoms with E-state index in [-0.39, 0.29) is 0 Å². The molecule has 0 radical (unpaired) electrons. The molecule has 1 aromatic carbocycles. The van der Waals surface area contributed by atoms with Crippen LogP contribution < -0.4 is 10.6 Å². The fraction of sp³-hybridized carbons (Fsp3) is 0.385. The Morgan fingerprint density at radius 3 is 2.65 bits per heavy atom. The van der Waals surface area contributed by atoms with Crippen LogP contribution in [-0.4, -0.2) is 12.6 Å². The Labute approximate surface area is 101 Å². The lowest BCUT2D eigenvalue weighted by Crippen LogP contribution is -2.27. The molecule has 1 saturated carbocycles. The molecule has 0 atom stereocenters. The molecule has 86 valence electrons. The van der Waals surface area contributed by atoms with Crippen molar-refractivity contribution in [3.8, 4) is 12.1 Å². The highest BCUT2D eigenvalue weighted by Gasteiger charge is 2.29. The third-order valence-electron chi connectivity index (χ3n) is 2.92. The van der Waals surface area contributed by atoms with E-state index >= 15 is 0 Å². The summed E-state index contributed by atoms with van der Waals surface area (Å²) in [5, 5.41) is 17.5. The minimum Gasteiger partial charge on any atom is -0.397 e. The van der Waals surface area contributed by atoms with Crippen molar-refractivity contribution in [1.82, 2.24) is 0 Å². The number of rotatable bonds is 4. The number of benzene rings is 1. The molecule has 1 fully saturated rings. The molecule has 2 rings (SSSR count). The smallest absolute Gasteiger partial charge is 0.0992 e. The van der Waals surface area contributed by atoms with E-state index in [4.69, 9.17) is 16.3 Å². The van der Waals surface area contributed by atoms with Gasteiger partial charge in [0.15, 0.2) is 0 Å². The molecule has 17 heavy (non-hydrogen) atoms. The van der Waals surface area contributed by atoms with E-state index in [1.54, 1.807) is 12.1 Å². The summed E-state index contributed by atoms with van der Waals surface area (Å²) in [5.74, 6) is 0. The molecule has 0 bridgehead atoms. The average molecular weight is 226 g/mol. The van der Waals surface area contributed by atoms with Gasteiger partial charge in [0.2, 0.25) is 0 Å². The molecule has 0 amide bonds. The van der Waals surface area contributed by atoms with Crippen molar-refractivity contribution in [2.75, 3.05) is 17.2 Å². The van der Waals surface area contributed by atoms with Gasteiger partial charge < -0.3 is 10.6 Å². The maximum absolute atomic E-state index is 8.79. The summed E-state index contributed by atoms with van der Waals surface area (Å²) in [6.45, 7) is 0.706. The molecule has 1 aromatic rings. The van der Waals surface area contributed by atoms with Crippen LogP contribution in [0.25, 0.3) is 0 Å². The molecule has 1 aliphatic rings. The van der Waals surface area contributed by atoms with Crippen molar-refractivity contribution < 1.29 is 0 Å². The number of nitriles is 2. The van der Waals surface area contributed by atoms with E-state index in [0.717, 1.165) is 18.5 Å². The SMILES string of the molecule is N#CCCN(c1ccc(C#N)cc1N)C1CC1. The van der Waals surface area contributed by atoms with Gasteiger partial charge in [0.1, 0.15) is 0 Å². The summed E-state index contributed by atoms with van der Waals surface area (Å²) < 4.78 is 0. The Morgan fingerprint density at radius 2 is 2.12 bits per heavy atom. The van der Waals surface area contributed by atoms with Crippen LogP contribution in [0.4, 0.5) is 11.4 Å². The summed E-state index contributed by atoms with van der Waals surface area (Å²) in [4.78, 5) is 2.18. The first kappa shape index (κ1) is 11.3. The summed E-state index contributed by atoms with van der Waals surface area (Å²) in [5.41, 5.74) is 8.10. The van der Waals surface area contributed by atoms with E-state index in [0.29, 0.717) is 30.3 Å². The predicted octanol–water partition coefficient (Wildman–Crippen LogP) is 2.02. The molecule has 0 spiro atoms. The van der Waals surface area contributed by atoms with Gasteiger partial charge in [-0.05, 0) is 31.0 Å². The van der Waals surface area contributed by atoms with E-state index in [2.05, 4.69) is 17.0 Å². The first-order valence-corrected chi connectivity index (χ1v) is 5.69. The molecule has 4 nitrogen and oxygen atoms in total. The van der Waals surface area contributed by atoms with Crippen molar-refractivity contribution in [1.29, 1.82) is 10.5 Å². The first-order chi connectivity index (χ1) is 8.26. The summed E-state index contributed by atoms with van der Waals surface area (Å²) in [6.07, 6.45) is 2.81. The van der Waals surface area contributed by atoms with Crippen molar-refractivity contribution in [3.63, 3.8) is 0 Å². The molecule has 0 unspecified atom stereocenters.